The Balaban J connectivity index is 1.51. The lowest BCUT2D eigenvalue weighted by Gasteiger charge is -2.13. The van der Waals surface area contributed by atoms with Gasteiger partial charge in [0, 0.05) is 27.6 Å². The van der Waals surface area contributed by atoms with Crippen molar-refractivity contribution >= 4 is 40.7 Å². The van der Waals surface area contributed by atoms with Gasteiger partial charge in [0.15, 0.2) is 11.9 Å². The van der Waals surface area contributed by atoms with Gasteiger partial charge in [-0.3, -0.25) is 14.4 Å². The van der Waals surface area contributed by atoms with E-state index in [0.29, 0.717) is 21.2 Å². The quantitative estimate of drug-likeness (QED) is 0.593. The van der Waals surface area contributed by atoms with Gasteiger partial charge in [-0.15, -0.1) is 0 Å². The van der Waals surface area contributed by atoms with Crippen LogP contribution in [0.2, 0.25) is 10.0 Å². The Labute approximate surface area is 153 Å². The van der Waals surface area contributed by atoms with Crippen LogP contribution in [0.1, 0.15) is 31.8 Å². The summed E-state index contributed by atoms with van der Waals surface area (Å²) in [5.41, 5.74) is 2.48. The number of Topliss-reactive ketones (excluding diaryl/α,β-unsaturated/α-hetero) is 2. The Morgan fingerprint density at radius 1 is 0.880 bits per heavy atom. The average molecular weight is 375 g/mol. The third kappa shape index (κ3) is 2.75. The molecule has 0 N–H and O–H groups in total. The Kier molecular flexibility index (Phi) is 3.89. The number of ketones is 2. The lowest BCUT2D eigenvalue weighted by molar-refractivity contribution is -0.149. The van der Waals surface area contributed by atoms with Crippen LogP contribution in [0.4, 0.5) is 0 Å². The van der Waals surface area contributed by atoms with E-state index in [1.165, 1.54) is 0 Å². The van der Waals surface area contributed by atoms with E-state index in [0.717, 1.165) is 11.1 Å². The molecule has 0 spiro atoms. The SMILES string of the molecule is O=C1c2ccc(Cl)cc2CC1OC(=O)C1Cc2cc(Cl)ccc2C1=O. The number of carbonyl (C=O) groups excluding carboxylic acids is 3. The second kappa shape index (κ2) is 5.97. The van der Waals surface area contributed by atoms with Crippen molar-refractivity contribution in [3.63, 3.8) is 0 Å². The van der Waals surface area contributed by atoms with Gasteiger partial charge in [0.05, 0.1) is 0 Å². The highest BCUT2D eigenvalue weighted by Gasteiger charge is 2.40. The average Bonchev–Trinajstić information content (AvgIpc) is 3.05. The van der Waals surface area contributed by atoms with E-state index in [2.05, 4.69) is 0 Å². The zero-order valence-corrected chi connectivity index (χ0v) is 14.4. The fraction of sp³-hybridized carbons (Fsp3) is 0.211. The number of esters is 1. The summed E-state index contributed by atoms with van der Waals surface area (Å²) in [6, 6.07) is 9.87. The molecular formula is C19H12Cl2O4. The molecule has 6 heteroatoms. The molecule has 0 heterocycles. The van der Waals surface area contributed by atoms with Crippen LogP contribution < -0.4 is 0 Å². The van der Waals surface area contributed by atoms with Gasteiger partial charge in [-0.05, 0) is 53.9 Å². The first-order valence-electron chi connectivity index (χ1n) is 7.80. The standard InChI is InChI=1S/C19H12Cl2O4/c20-11-1-3-13-9(5-11)7-15(17(13)22)19(24)25-16-8-10-6-12(21)2-4-14(10)18(16)23/h1-6,15-16H,7-8H2. The molecule has 0 amide bonds. The zero-order valence-electron chi connectivity index (χ0n) is 12.9. The smallest absolute Gasteiger partial charge is 0.317 e. The van der Waals surface area contributed by atoms with Crippen molar-refractivity contribution in [2.24, 2.45) is 5.92 Å². The molecule has 126 valence electrons. The summed E-state index contributed by atoms with van der Waals surface area (Å²) in [6.45, 7) is 0. The van der Waals surface area contributed by atoms with Crippen LogP contribution >= 0.6 is 23.2 Å². The third-order valence-electron chi connectivity index (χ3n) is 4.65. The van der Waals surface area contributed by atoms with Crippen molar-refractivity contribution in [1.82, 2.24) is 0 Å². The minimum Gasteiger partial charge on any atom is -0.453 e. The largest absolute Gasteiger partial charge is 0.453 e. The molecule has 4 nitrogen and oxygen atoms in total. The summed E-state index contributed by atoms with van der Waals surface area (Å²) in [5, 5.41) is 1.04. The van der Waals surface area contributed by atoms with Crippen molar-refractivity contribution < 1.29 is 19.1 Å². The molecule has 2 aromatic carbocycles. The summed E-state index contributed by atoms with van der Waals surface area (Å²) >= 11 is 11.9. The fourth-order valence-electron chi connectivity index (χ4n) is 3.42. The molecule has 0 fully saturated rings. The van der Waals surface area contributed by atoms with Gasteiger partial charge in [0.25, 0.3) is 0 Å². The predicted molar refractivity (Wildman–Crippen MR) is 92.3 cm³/mol. The van der Waals surface area contributed by atoms with E-state index >= 15 is 0 Å². The number of rotatable bonds is 2. The van der Waals surface area contributed by atoms with Gasteiger partial charge >= 0.3 is 5.97 Å². The predicted octanol–water partition coefficient (Wildman–Crippen LogP) is 3.70. The lowest BCUT2D eigenvalue weighted by atomic mass is 10.1. The van der Waals surface area contributed by atoms with E-state index < -0.39 is 18.0 Å². The van der Waals surface area contributed by atoms with Gasteiger partial charge < -0.3 is 4.74 Å². The molecule has 0 aromatic heterocycles. The van der Waals surface area contributed by atoms with E-state index in [9.17, 15) is 14.4 Å². The molecule has 0 aliphatic heterocycles. The monoisotopic (exact) mass is 374 g/mol. The molecule has 0 saturated carbocycles. The number of hydrogen-bond donors (Lipinski definition) is 0. The maximum atomic E-state index is 12.5. The highest BCUT2D eigenvalue weighted by Crippen LogP contribution is 2.32. The van der Waals surface area contributed by atoms with Crippen LogP contribution in [-0.4, -0.2) is 23.6 Å². The van der Waals surface area contributed by atoms with Crippen LogP contribution in [0, 0.1) is 5.92 Å². The molecule has 0 bridgehead atoms. The Hall–Kier alpha value is -2.17. The maximum absolute atomic E-state index is 12.5. The number of ether oxygens (including phenoxy) is 1. The molecule has 0 radical (unpaired) electrons. The summed E-state index contributed by atoms with van der Waals surface area (Å²) in [4.78, 5) is 37.3. The van der Waals surface area contributed by atoms with Crippen molar-refractivity contribution in [2.75, 3.05) is 0 Å². The van der Waals surface area contributed by atoms with Crippen LogP contribution in [-0.2, 0) is 22.4 Å². The maximum Gasteiger partial charge on any atom is 0.317 e. The molecule has 4 rings (SSSR count). The minimum absolute atomic E-state index is 0.243. The number of fused-ring (bicyclic) bond motifs is 2. The van der Waals surface area contributed by atoms with Gasteiger partial charge in [-0.1, -0.05) is 23.2 Å². The van der Waals surface area contributed by atoms with E-state index in [1.807, 2.05) is 0 Å². The molecular weight excluding hydrogens is 363 g/mol. The summed E-state index contributed by atoms with van der Waals surface area (Å²) in [5.74, 6) is -2.14. The van der Waals surface area contributed by atoms with Crippen molar-refractivity contribution in [3.8, 4) is 0 Å². The number of carbonyl (C=O) groups is 3. The highest BCUT2D eigenvalue weighted by molar-refractivity contribution is 6.31. The number of benzene rings is 2. The van der Waals surface area contributed by atoms with Crippen LogP contribution in [0.15, 0.2) is 36.4 Å². The first-order valence-corrected chi connectivity index (χ1v) is 8.55. The van der Waals surface area contributed by atoms with Gasteiger partial charge in [-0.25, -0.2) is 0 Å². The molecule has 0 saturated heterocycles. The number of hydrogen-bond acceptors (Lipinski definition) is 4. The molecule has 2 unspecified atom stereocenters. The first-order chi connectivity index (χ1) is 11.9. The molecule has 2 aliphatic rings. The molecule has 2 aliphatic carbocycles. The van der Waals surface area contributed by atoms with E-state index in [-0.39, 0.29) is 24.4 Å². The fourth-order valence-corrected chi connectivity index (χ4v) is 3.81. The van der Waals surface area contributed by atoms with Crippen molar-refractivity contribution in [3.05, 3.63) is 68.7 Å². The van der Waals surface area contributed by atoms with Crippen molar-refractivity contribution in [1.29, 1.82) is 0 Å². The topological polar surface area (TPSA) is 60.4 Å². The first kappa shape index (κ1) is 16.3. The third-order valence-corrected chi connectivity index (χ3v) is 5.12. The highest BCUT2D eigenvalue weighted by atomic mass is 35.5. The van der Waals surface area contributed by atoms with Gasteiger partial charge in [0.1, 0.15) is 5.92 Å². The lowest BCUT2D eigenvalue weighted by Crippen LogP contribution is -2.30. The van der Waals surface area contributed by atoms with E-state index in [4.69, 9.17) is 27.9 Å². The Morgan fingerprint density at radius 3 is 2.08 bits per heavy atom. The summed E-state index contributed by atoms with van der Waals surface area (Å²) < 4.78 is 5.38. The van der Waals surface area contributed by atoms with Gasteiger partial charge in [-0.2, -0.15) is 0 Å². The van der Waals surface area contributed by atoms with Crippen LogP contribution in [0.3, 0.4) is 0 Å². The van der Waals surface area contributed by atoms with E-state index in [1.54, 1.807) is 36.4 Å². The Bertz CT molecular complexity index is 935. The summed E-state index contributed by atoms with van der Waals surface area (Å²) in [6.07, 6.45) is -0.381. The van der Waals surface area contributed by atoms with Crippen LogP contribution in [0.5, 0.6) is 0 Å². The molecule has 2 aromatic rings. The second-order valence-corrected chi connectivity index (χ2v) is 7.09. The zero-order chi connectivity index (χ0) is 17.7. The van der Waals surface area contributed by atoms with Crippen LogP contribution in [0.25, 0.3) is 0 Å². The van der Waals surface area contributed by atoms with Crippen molar-refractivity contribution in [2.45, 2.75) is 18.9 Å². The molecule has 25 heavy (non-hydrogen) atoms. The number of halogens is 2. The Morgan fingerprint density at radius 2 is 1.44 bits per heavy atom. The second-order valence-electron chi connectivity index (χ2n) is 6.22. The summed E-state index contributed by atoms with van der Waals surface area (Å²) in [7, 11) is 0. The minimum atomic E-state index is -0.923. The normalized spacial score (nSPS) is 21.2. The molecule has 2 atom stereocenters. The van der Waals surface area contributed by atoms with Gasteiger partial charge in [0.2, 0.25) is 5.78 Å².